The minimum Gasteiger partial charge on any atom is -0.472 e. The number of ether oxygens (including phenoxy) is 3. The first kappa shape index (κ1) is 31.2. The maximum atomic E-state index is 13.9. The lowest BCUT2D eigenvalue weighted by Gasteiger charge is -2.60. The zero-order valence-corrected chi connectivity index (χ0v) is 25.1. The number of allylic oxidation sites excluding steroid dienone is 1. The molecule has 0 radical (unpaired) electrons. The summed E-state index contributed by atoms with van der Waals surface area (Å²) >= 11 is 0. The number of hydrogen-bond donors (Lipinski definition) is 3. The number of carbonyl (C=O) groups is 4. The number of ketones is 1. The Kier molecular flexibility index (Phi) is 7.55. The first-order valence-corrected chi connectivity index (χ1v) is 14.7. The van der Waals surface area contributed by atoms with Crippen molar-refractivity contribution in [2.75, 3.05) is 6.61 Å². The molecular formula is C32H40O11. The Bertz CT molecular complexity index is 1360. The zero-order chi connectivity index (χ0) is 31.7. The van der Waals surface area contributed by atoms with Crippen molar-refractivity contribution in [3.05, 3.63) is 48.5 Å². The molecule has 0 amide bonds. The lowest BCUT2D eigenvalue weighted by Crippen LogP contribution is -2.70. The van der Waals surface area contributed by atoms with E-state index < -0.39 is 87.7 Å². The molecule has 11 heteroatoms. The van der Waals surface area contributed by atoms with Crippen LogP contribution in [-0.2, 0) is 33.4 Å². The van der Waals surface area contributed by atoms with Gasteiger partial charge in [-0.3, -0.25) is 9.59 Å². The van der Waals surface area contributed by atoms with Crippen LogP contribution in [0.15, 0.2) is 47.3 Å². The molecule has 3 fully saturated rings. The van der Waals surface area contributed by atoms with Gasteiger partial charge in [-0.25, -0.2) is 9.59 Å². The van der Waals surface area contributed by atoms with Crippen LogP contribution in [0.2, 0.25) is 0 Å². The monoisotopic (exact) mass is 600 g/mol. The van der Waals surface area contributed by atoms with Crippen molar-refractivity contribution >= 4 is 23.7 Å². The van der Waals surface area contributed by atoms with E-state index in [0.29, 0.717) is 12.0 Å². The van der Waals surface area contributed by atoms with E-state index in [-0.39, 0.29) is 25.0 Å². The molecule has 11 nitrogen and oxygen atoms in total. The van der Waals surface area contributed by atoms with Crippen LogP contribution in [0, 0.1) is 28.6 Å². The summed E-state index contributed by atoms with van der Waals surface area (Å²) in [6.07, 6.45) is 0.982. The molecule has 234 valence electrons. The number of aliphatic hydroxyl groups is 3. The summed E-state index contributed by atoms with van der Waals surface area (Å²) in [5, 5.41) is 35.7. The minimum atomic E-state index is -2.31. The third-order valence-corrected chi connectivity index (χ3v) is 11.0. The Morgan fingerprint density at radius 3 is 2.53 bits per heavy atom. The van der Waals surface area contributed by atoms with Crippen LogP contribution in [0.4, 0.5) is 0 Å². The van der Waals surface area contributed by atoms with Crippen molar-refractivity contribution in [1.82, 2.24) is 0 Å². The molecule has 43 heavy (non-hydrogen) atoms. The fourth-order valence-electron chi connectivity index (χ4n) is 8.20. The number of hydrogen-bond acceptors (Lipinski definition) is 11. The predicted octanol–water partition coefficient (Wildman–Crippen LogP) is 2.38. The van der Waals surface area contributed by atoms with Crippen LogP contribution >= 0.6 is 0 Å². The SMILES string of the molecule is C=C1C(C2(C)C=CC(=O)OC3(C)COC(=O)CC32)C(O)C(OC(=O)C(O)C(C)CC)C2(C)C(c3ccoc3)CC(=O)C12O. The number of rotatable bonds is 6. The van der Waals surface area contributed by atoms with E-state index in [1.54, 1.807) is 40.7 Å². The minimum absolute atomic E-state index is 0.0314. The molecule has 1 saturated heterocycles. The van der Waals surface area contributed by atoms with Crippen LogP contribution in [-0.4, -0.2) is 75.1 Å². The van der Waals surface area contributed by atoms with Crippen LogP contribution in [0.25, 0.3) is 0 Å². The Morgan fingerprint density at radius 2 is 1.91 bits per heavy atom. The third kappa shape index (κ3) is 4.34. The van der Waals surface area contributed by atoms with Crippen molar-refractivity contribution in [3.63, 3.8) is 0 Å². The average Bonchev–Trinajstić information content (AvgIpc) is 3.54. The molecule has 1 aromatic heterocycles. The van der Waals surface area contributed by atoms with E-state index in [9.17, 15) is 34.5 Å². The number of aliphatic hydroxyl groups excluding tert-OH is 2. The van der Waals surface area contributed by atoms with E-state index in [1.165, 1.54) is 24.7 Å². The average molecular weight is 601 g/mol. The highest BCUT2D eigenvalue weighted by molar-refractivity contribution is 5.96. The Balaban J connectivity index is 1.70. The second-order valence-electron chi connectivity index (χ2n) is 13.3. The van der Waals surface area contributed by atoms with Gasteiger partial charge in [-0.05, 0) is 30.0 Å². The van der Waals surface area contributed by atoms with Gasteiger partial charge in [0.15, 0.2) is 17.5 Å². The number of Topliss-reactive ketones (excluding diaryl/α,β-unsaturated/α-hetero) is 1. The third-order valence-electron chi connectivity index (χ3n) is 11.0. The Labute approximate surface area is 249 Å². The number of furan rings is 1. The standard InChI is InChI=1S/C32H40O11/c1-7-16(2)25(36)28(38)42-27-26(37)24(29(4)10-8-22(34)43-30(5)15-41-23(35)13-20(29)30)17(3)32(39)21(33)12-19(31(27,32)6)18-9-11-40-14-18/h8-11,14,16,19-20,24-27,36-37,39H,3,7,12-13,15H2,1-2,4-6H3. The first-order chi connectivity index (χ1) is 20.1. The van der Waals surface area contributed by atoms with Crippen molar-refractivity contribution in [2.24, 2.45) is 28.6 Å². The molecule has 2 saturated carbocycles. The number of fused-ring (bicyclic) bond motifs is 2. The highest BCUT2D eigenvalue weighted by Gasteiger charge is 2.75. The number of esters is 3. The van der Waals surface area contributed by atoms with Crippen LogP contribution in [0.3, 0.4) is 0 Å². The zero-order valence-electron chi connectivity index (χ0n) is 25.1. The van der Waals surface area contributed by atoms with Crippen molar-refractivity contribution in [3.8, 4) is 0 Å². The first-order valence-electron chi connectivity index (χ1n) is 14.7. The lowest BCUT2D eigenvalue weighted by molar-refractivity contribution is -0.227. The molecule has 3 N–H and O–H groups in total. The second-order valence-corrected chi connectivity index (χ2v) is 13.3. The Morgan fingerprint density at radius 1 is 1.21 bits per heavy atom. The number of carbonyl (C=O) groups excluding carboxylic acids is 4. The van der Waals surface area contributed by atoms with Gasteiger partial charge < -0.3 is 33.9 Å². The van der Waals surface area contributed by atoms with Crippen molar-refractivity contribution in [2.45, 2.75) is 89.3 Å². The summed E-state index contributed by atoms with van der Waals surface area (Å²) in [4.78, 5) is 52.7. The molecule has 4 aliphatic rings. The molecule has 0 bridgehead atoms. The van der Waals surface area contributed by atoms with E-state index in [0.717, 1.165) is 0 Å². The fourth-order valence-corrected chi connectivity index (χ4v) is 8.20. The van der Waals surface area contributed by atoms with Crippen LogP contribution < -0.4 is 0 Å². The largest absolute Gasteiger partial charge is 0.472 e. The molecule has 1 aromatic rings. The fraction of sp³-hybridized carbons (Fsp3) is 0.625. The molecule has 11 atom stereocenters. The van der Waals surface area contributed by atoms with Gasteiger partial charge in [0.25, 0.3) is 0 Å². The predicted molar refractivity (Wildman–Crippen MR) is 149 cm³/mol. The summed E-state index contributed by atoms with van der Waals surface area (Å²) in [5.41, 5.74) is -6.08. The molecule has 0 aromatic carbocycles. The topological polar surface area (TPSA) is 170 Å². The molecular weight excluding hydrogens is 560 g/mol. The molecule has 2 aliphatic carbocycles. The van der Waals surface area contributed by atoms with Crippen LogP contribution in [0.5, 0.6) is 0 Å². The quantitative estimate of drug-likeness (QED) is 0.249. The molecule has 5 rings (SSSR count). The molecule has 0 spiro atoms. The highest BCUT2D eigenvalue weighted by atomic mass is 16.6. The summed E-state index contributed by atoms with van der Waals surface area (Å²) in [7, 11) is 0. The van der Waals surface area contributed by atoms with E-state index in [1.807, 2.05) is 0 Å². The lowest BCUT2D eigenvalue weighted by atomic mass is 9.47. The summed E-state index contributed by atoms with van der Waals surface area (Å²) < 4.78 is 22.2. The normalized spacial score (nSPS) is 42.3. The van der Waals surface area contributed by atoms with E-state index in [4.69, 9.17) is 18.6 Å². The summed E-state index contributed by atoms with van der Waals surface area (Å²) in [6, 6.07) is 1.64. The van der Waals surface area contributed by atoms with Gasteiger partial charge in [-0.1, -0.05) is 46.8 Å². The summed E-state index contributed by atoms with van der Waals surface area (Å²) in [6.45, 7) is 12.3. The van der Waals surface area contributed by atoms with E-state index >= 15 is 0 Å². The summed E-state index contributed by atoms with van der Waals surface area (Å²) in [5.74, 6) is -6.06. The van der Waals surface area contributed by atoms with Gasteiger partial charge >= 0.3 is 17.9 Å². The van der Waals surface area contributed by atoms with E-state index in [2.05, 4.69) is 6.58 Å². The molecule has 2 aliphatic heterocycles. The van der Waals surface area contributed by atoms with Gasteiger partial charge in [0, 0.05) is 35.7 Å². The Hall–Kier alpha value is -3.28. The van der Waals surface area contributed by atoms with Gasteiger partial charge in [0.1, 0.15) is 18.3 Å². The maximum Gasteiger partial charge on any atom is 0.335 e. The van der Waals surface area contributed by atoms with Crippen molar-refractivity contribution < 1.29 is 53.1 Å². The van der Waals surface area contributed by atoms with Gasteiger partial charge in [0.05, 0.1) is 30.5 Å². The van der Waals surface area contributed by atoms with Gasteiger partial charge in [-0.15, -0.1) is 0 Å². The van der Waals surface area contributed by atoms with Crippen molar-refractivity contribution in [1.29, 1.82) is 0 Å². The molecule has 11 unspecified atom stereocenters. The second kappa shape index (κ2) is 10.4. The van der Waals surface area contributed by atoms with Gasteiger partial charge in [0.2, 0.25) is 0 Å². The van der Waals surface area contributed by atoms with Crippen LogP contribution in [0.1, 0.15) is 65.4 Å². The maximum absolute atomic E-state index is 13.9. The molecule has 3 heterocycles. The highest BCUT2D eigenvalue weighted by Crippen LogP contribution is 2.67. The smallest absolute Gasteiger partial charge is 0.335 e. The van der Waals surface area contributed by atoms with Gasteiger partial charge in [-0.2, -0.15) is 0 Å². The number of cyclic esters (lactones) is 1.